The van der Waals surface area contributed by atoms with Crippen molar-refractivity contribution in [2.45, 2.75) is 38.4 Å². The smallest absolute Gasteiger partial charge is 0.123 e. The van der Waals surface area contributed by atoms with Gasteiger partial charge in [0, 0.05) is 34.7 Å². The second-order valence-corrected chi connectivity index (χ2v) is 6.91. The molecule has 0 saturated carbocycles. The van der Waals surface area contributed by atoms with Gasteiger partial charge in [0.25, 0.3) is 0 Å². The fraction of sp³-hybridized carbons (Fsp3) is 0.600. The highest BCUT2D eigenvalue weighted by molar-refractivity contribution is 9.10. The molecule has 1 aromatic carbocycles. The Morgan fingerprint density at radius 1 is 1.47 bits per heavy atom. The van der Waals surface area contributed by atoms with Gasteiger partial charge in [0.05, 0.1) is 7.11 Å². The number of hydrogen-bond donors (Lipinski definition) is 1. The van der Waals surface area contributed by atoms with Crippen molar-refractivity contribution in [3.05, 3.63) is 28.2 Å². The van der Waals surface area contributed by atoms with Gasteiger partial charge in [0.2, 0.25) is 0 Å². The molecule has 2 rings (SSSR count). The molecule has 1 aromatic rings. The summed E-state index contributed by atoms with van der Waals surface area (Å²) in [5, 5.41) is 3.57. The Hall–Kier alpha value is -0.580. The molecule has 1 fully saturated rings. The molecular weight excluding hydrogens is 304 g/mol. The van der Waals surface area contributed by atoms with Gasteiger partial charge in [-0.3, -0.25) is 4.90 Å². The van der Waals surface area contributed by atoms with Crippen molar-refractivity contribution in [2.75, 3.05) is 20.7 Å². The van der Waals surface area contributed by atoms with Gasteiger partial charge < -0.3 is 10.1 Å². The van der Waals surface area contributed by atoms with E-state index in [1.54, 1.807) is 7.11 Å². The van der Waals surface area contributed by atoms with E-state index in [0.717, 1.165) is 23.3 Å². The first kappa shape index (κ1) is 14.8. The summed E-state index contributed by atoms with van der Waals surface area (Å²) in [5.41, 5.74) is 1.48. The molecule has 1 aliphatic heterocycles. The van der Waals surface area contributed by atoms with Crippen LogP contribution in [-0.4, -0.2) is 37.2 Å². The Balaban J connectivity index is 2.07. The van der Waals surface area contributed by atoms with Crippen LogP contribution < -0.4 is 10.1 Å². The van der Waals surface area contributed by atoms with Gasteiger partial charge in [-0.1, -0.05) is 15.9 Å². The number of methoxy groups -OCH3 is 1. The SMILES string of the molecule is COc1ccc(Br)cc1CN(C)C1CNC(C)(C)C1. The van der Waals surface area contributed by atoms with Crippen molar-refractivity contribution < 1.29 is 4.74 Å². The lowest BCUT2D eigenvalue weighted by atomic mass is 10.0. The second kappa shape index (κ2) is 5.81. The van der Waals surface area contributed by atoms with Crippen molar-refractivity contribution in [3.8, 4) is 5.75 Å². The summed E-state index contributed by atoms with van der Waals surface area (Å²) >= 11 is 3.53. The number of nitrogens with zero attached hydrogens (tertiary/aromatic N) is 1. The van der Waals surface area contributed by atoms with Crippen LogP contribution in [0.15, 0.2) is 22.7 Å². The topological polar surface area (TPSA) is 24.5 Å². The maximum atomic E-state index is 5.44. The van der Waals surface area contributed by atoms with Crippen LogP contribution in [0.1, 0.15) is 25.8 Å². The molecule has 1 aliphatic rings. The van der Waals surface area contributed by atoms with E-state index < -0.39 is 0 Å². The zero-order chi connectivity index (χ0) is 14.0. The summed E-state index contributed by atoms with van der Waals surface area (Å²) in [6.45, 7) is 6.49. The average molecular weight is 327 g/mol. The van der Waals surface area contributed by atoms with E-state index in [1.165, 1.54) is 12.0 Å². The molecule has 0 aromatic heterocycles. The van der Waals surface area contributed by atoms with E-state index >= 15 is 0 Å². The molecule has 0 aliphatic carbocycles. The number of nitrogens with one attached hydrogen (secondary N) is 1. The number of benzene rings is 1. The first-order chi connectivity index (χ1) is 8.91. The van der Waals surface area contributed by atoms with Gasteiger partial charge in [-0.15, -0.1) is 0 Å². The van der Waals surface area contributed by atoms with E-state index in [1.807, 2.05) is 12.1 Å². The Morgan fingerprint density at radius 3 is 2.79 bits per heavy atom. The van der Waals surface area contributed by atoms with Crippen LogP contribution in [0.25, 0.3) is 0 Å². The van der Waals surface area contributed by atoms with E-state index in [-0.39, 0.29) is 5.54 Å². The predicted molar refractivity (Wildman–Crippen MR) is 82.6 cm³/mol. The highest BCUT2D eigenvalue weighted by Gasteiger charge is 2.32. The minimum atomic E-state index is 0.250. The third-order valence-electron chi connectivity index (χ3n) is 3.85. The van der Waals surface area contributed by atoms with E-state index in [9.17, 15) is 0 Å². The van der Waals surface area contributed by atoms with Crippen LogP contribution in [0.3, 0.4) is 0 Å². The third-order valence-corrected chi connectivity index (χ3v) is 4.34. The van der Waals surface area contributed by atoms with Crippen LogP contribution in [0.2, 0.25) is 0 Å². The molecule has 0 radical (unpaired) electrons. The average Bonchev–Trinajstić information content (AvgIpc) is 2.70. The van der Waals surface area contributed by atoms with Crippen LogP contribution in [0.4, 0.5) is 0 Å². The van der Waals surface area contributed by atoms with E-state index in [2.05, 4.69) is 53.1 Å². The standard InChI is InChI=1S/C15H23BrN2O/c1-15(2)8-13(9-17-15)18(3)10-11-7-12(16)5-6-14(11)19-4/h5-7,13,17H,8-10H2,1-4H3. The maximum Gasteiger partial charge on any atom is 0.123 e. The molecule has 106 valence electrons. The Bertz CT molecular complexity index is 448. The summed E-state index contributed by atoms with van der Waals surface area (Å²) in [6.07, 6.45) is 1.18. The molecule has 1 saturated heterocycles. The molecule has 4 heteroatoms. The lowest BCUT2D eigenvalue weighted by Gasteiger charge is -2.25. The first-order valence-corrected chi connectivity index (χ1v) is 7.48. The monoisotopic (exact) mass is 326 g/mol. The lowest BCUT2D eigenvalue weighted by molar-refractivity contribution is 0.237. The Morgan fingerprint density at radius 2 is 2.21 bits per heavy atom. The first-order valence-electron chi connectivity index (χ1n) is 6.69. The van der Waals surface area contributed by atoms with Crippen molar-refractivity contribution in [1.82, 2.24) is 10.2 Å². The van der Waals surface area contributed by atoms with E-state index in [0.29, 0.717) is 6.04 Å². The van der Waals surface area contributed by atoms with Crippen molar-refractivity contribution >= 4 is 15.9 Å². The molecule has 1 atom stereocenters. The zero-order valence-electron chi connectivity index (χ0n) is 12.2. The van der Waals surface area contributed by atoms with Crippen LogP contribution in [-0.2, 0) is 6.54 Å². The zero-order valence-corrected chi connectivity index (χ0v) is 13.8. The Labute approximate surface area is 124 Å². The number of hydrogen-bond acceptors (Lipinski definition) is 3. The van der Waals surface area contributed by atoms with Gasteiger partial charge in [0.1, 0.15) is 5.75 Å². The van der Waals surface area contributed by atoms with Crippen LogP contribution in [0, 0.1) is 0 Å². The summed E-state index contributed by atoms with van der Waals surface area (Å²) in [7, 11) is 3.92. The van der Waals surface area contributed by atoms with Gasteiger partial charge in [-0.05, 0) is 45.5 Å². The fourth-order valence-electron chi connectivity index (χ4n) is 2.71. The van der Waals surface area contributed by atoms with Crippen LogP contribution in [0.5, 0.6) is 5.75 Å². The molecule has 3 nitrogen and oxygen atoms in total. The maximum absolute atomic E-state index is 5.44. The highest BCUT2D eigenvalue weighted by atomic mass is 79.9. The number of halogens is 1. The molecule has 19 heavy (non-hydrogen) atoms. The van der Waals surface area contributed by atoms with Crippen LogP contribution >= 0.6 is 15.9 Å². The minimum Gasteiger partial charge on any atom is -0.496 e. The molecule has 0 bridgehead atoms. The van der Waals surface area contributed by atoms with Gasteiger partial charge in [0.15, 0.2) is 0 Å². The minimum absolute atomic E-state index is 0.250. The second-order valence-electron chi connectivity index (χ2n) is 5.99. The normalized spacial score (nSPS) is 21.9. The van der Waals surface area contributed by atoms with Gasteiger partial charge in [-0.25, -0.2) is 0 Å². The van der Waals surface area contributed by atoms with Crippen molar-refractivity contribution in [2.24, 2.45) is 0 Å². The number of ether oxygens (including phenoxy) is 1. The molecule has 0 spiro atoms. The number of likely N-dealkylation sites (N-methyl/N-ethyl adjacent to an activating group) is 1. The fourth-order valence-corrected chi connectivity index (χ4v) is 3.12. The quantitative estimate of drug-likeness (QED) is 0.920. The molecule has 1 N–H and O–H groups in total. The molecular formula is C15H23BrN2O. The van der Waals surface area contributed by atoms with Crippen molar-refractivity contribution in [1.29, 1.82) is 0 Å². The molecule has 0 amide bonds. The Kier molecular flexibility index (Phi) is 4.54. The molecule has 1 unspecified atom stereocenters. The predicted octanol–water partition coefficient (Wildman–Crippen LogP) is 3.03. The highest BCUT2D eigenvalue weighted by Crippen LogP contribution is 2.27. The van der Waals surface area contributed by atoms with E-state index in [4.69, 9.17) is 4.74 Å². The summed E-state index contributed by atoms with van der Waals surface area (Å²) in [6, 6.07) is 6.76. The third kappa shape index (κ3) is 3.71. The van der Waals surface area contributed by atoms with Gasteiger partial charge >= 0.3 is 0 Å². The summed E-state index contributed by atoms with van der Waals surface area (Å²) in [5.74, 6) is 0.959. The largest absolute Gasteiger partial charge is 0.496 e. The van der Waals surface area contributed by atoms with Crippen molar-refractivity contribution in [3.63, 3.8) is 0 Å². The molecule has 1 heterocycles. The summed E-state index contributed by atoms with van der Waals surface area (Å²) < 4.78 is 6.54. The van der Waals surface area contributed by atoms with Gasteiger partial charge in [-0.2, -0.15) is 0 Å². The number of rotatable bonds is 4. The summed E-state index contributed by atoms with van der Waals surface area (Å²) in [4.78, 5) is 2.41. The lowest BCUT2D eigenvalue weighted by Crippen LogP contribution is -2.33.